The number of nitrogens with two attached hydrogens (primary N) is 3. The van der Waals surface area contributed by atoms with Crippen molar-refractivity contribution in [2.45, 2.75) is 0 Å². The van der Waals surface area contributed by atoms with E-state index in [4.69, 9.17) is 17.2 Å². The van der Waals surface area contributed by atoms with Crippen molar-refractivity contribution >= 4 is 17.2 Å². The first-order valence-corrected chi connectivity index (χ1v) is 6.48. The van der Waals surface area contributed by atoms with Crippen LogP contribution >= 0.6 is 0 Å². The number of hydrogen-bond acceptors (Lipinski definition) is 6. The third-order valence-electron chi connectivity index (χ3n) is 3.16. The first-order valence-electron chi connectivity index (χ1n) is 6.48. The summed E-state index contributed by atoms with van der Waals surface area (Å²) in [5.74, 6) is 0.543. The third kappa shape index (κ3) is 2.23. The number of rotatable bonds is 2. The zero-order chi connectivity index (χ0) is 14.8. The lowest BCUT2D eigenvalue weighted by Gasteiger charge is -2.37. The van der Waals surface area contributed by atoms with Crippen molar-refractivity contribution in [2.75, 3.05) is 10.1 Å². The van der Waals surface area contributed by atoms with Crippen LogP contribution in [-0.4, -0.2) is 5.84 Å². The van der Waals surface area contributed by atoms with E-state index in [1.165, 1.54) is 0 Å². The Hall–Kier alpha value is -3.15. The summed E-state index contributed by atoms with van der Waals surface area (Å²) in [7, 11) is 0. The van der Waals surface area contributed by atoms with Gasteiger partial charge in [0.1, 0.15) is 5.70 Å². The number of hydrogen-bond donors (Lipinski definition) is 3. The van der Waals surface area contributed by atoms with Crippen LogP contribution < -0.4 is 27.3 Å². The van der Waals surface area contributed by atoms with Crippen molar-refractivity contribution in [3.05, 3.63) is 72.2 Å². The van der Waals surface area contributed by atoms with Crippen molar-refractivity contribution in [3.63, 3.8) is 0 Å². The smallest absolute Gasteiger partial charge is 0.173 e. The lowest BCUT2D eigenvalue weighted by atomic mass is 10.2. The molecule has 1 aliphatic rings. The molecule has 6 heteroatoms. The highest BCUT2D eigenvalue weighted by Gasteiger charge is 2.26. The molecule has 106 valence electrons. The molecule has 3 rings (SSSR count). The molecule has 1 heterocycles. The Morgan fingerprint density at radius 1 is 0.714 bits per heavy atom. The highest BCUT2D eigenvalue weighted by atomic mass is 15.8. The van der Waals surface area contributed by atoms with Crippen LogP contribution in [-0.2, 0) is 0 Å². The van der Waals surface area contributed by atoms with Crippen LogP contribution in [0, 0.1) is 0 Å². The highest BCUT2D eigenvalue weighted by molar-refractivity contribution is 5.99. The molecule has 1 aliphatic heterocycles. The Labute approximate surface area is 122 Å². The van der Waals surface area contributed by atoms with Crippen molar-refractivity contribution in [3.8, 4) is 0 Å². The van der Waals surface area contributed by atoms with E-state index in [0.29, 0.717) is 5.82 Å². The third-order valence-corrected chi connectivity index (χ3v) is 3.16. The summed E-state index contributed by atoms with van der Waals surface area (Å²) in [4.78, 5) is 0. The molecule has 0 aromatic heterocycles. The SMILES string of the molecule is NC1=NN(c2ccccc2)N(c2ccccc2)C(N)=C1N. The standard InChI is InChI=1S/C15H16N6/c16-13-14(17)19-21(12-9-5-2-6-10-12)20(15(13)18)11-7-3-1-4-8-11/h1-10H,16,18H2,(H2,17,19). The van der Waals surface area contributed by atoms with Gasteiger partial charge in [-0.25, -0.2) is 5.01 Å². The van der Waals surface area contributed by atoms with Gasteiger partial charge in [0.05, 0.1) is 11.4 Å². The van der Waals surface area contributed by atoms with Crippen LogP contribution in [0.3, 0.4) is 0 Å². The summed E-state index contributed by atoms with van der Waals surface area (Å²) < 4.78 is 0. The van der Waals surface area contributed by atoms with Crippen molar-refractivity contribution in [1.82, 2.24) is 0 Å². The van der Waals surface area contributed by atoms with Crippen LogP contribution in [0.2, 0.25) is 0 Å². The molecule has 2 aromatic rings. The molecule has 0 unspecified atom stereocenters. The second-order valence-electron chi connectivity index (χ2n) is 4.56. The normalized spacial score (nSPS) is 15.1. The first kappa shape index (κ1) is 12.9. The predicted molar refractivity (Wildman–Crippen MR) is 84.9 cm³/mol. The monoisotopic (exact) mass is 280 g/mol. The maximum absolute atomic E-state index is 6.15. The topological polar surface area (TPSA) is 96.9 Å². The van der Waals surface area contributed by atoms with E-state index in [1.54, 1.807) is 10.1 Å². The largest absolute Gasteiger partial charge is 0.393 e. The van der Waals surface area contributed by atoms with E-state index in [-0.39, 0.29) is 11.5 Å². The summed E-state index contributed by atoms with van der Waals surface area (Å²) in [6, 6.07) is 19.2. The minimum absolute atomic E-state index is 0.198. The molecule has 2 aromatic carbocycles. The summed E-state index contributed by atoms with van der Waals surface area (Å²) in [5, 5.41) is 7.69. The number of hydrazone groups is 1. The Balaban J connectivity index is 2.13. The Kier molecular flexibility index (Phi) is 3.12. The molecule has 0 radical (unpaired) electrons. The fraction of sp³-hybridized carbons (Fsp3) is 0. The number of amidine groups is 1. The zero-order valence-corrected chi connectivity index (χ0v) is 11.3. The van der Waals surface area contributed by atoms with Gasteiger partial charge in [0.2, 0.25) is 0 Å². The predicted octanol–water partition coefficient (Wildman–Crippen LogP) is 1.29. The van der Waals surface area contributed by atoms with E-state index in [9.17, 15) is 0 Å². The van der Waals surface area contributed by atoms with E-state index in [0.717, 1.165) is 11.4 Å². The van der Waals surface area contributed by atoms with Crippen LogP contribution in [0.1, 0.15) is 0 Å². The highest BCUT2D eigenvalue weighted by Crippen LogP contribution is 2.28. The first-order chi connectivity index (χ1) is 10.2. The molecular formula is C15H16N6. The number of anilines is 2. The van der Waals surface area contributed by atoms with Gasteiger partial charge in [0.15, 0.2) is 11.7 Å². The number of para-hydroxylation sites is 2. The molecular weight excluding hydrogens is 264 g/mol. The molecule has 21 heavy (non-hydrogen) atoms. The van der Waals surface area contributed by atoms with Gasteiger partial charge >= 0.3 is 0 Å². The lowest BCUT2D eigenvalue weighted by molar-refractivity contribution is 0.790. The fourth-order valence-electron chi connectivity index (χ4n) is 2.10. The van der Waals surface area contributed by atoms with Crippen molar-refractivity contribution in [2.24, 2.45) is 22.3 Å². The summed E-state index contributed by atoms with van der Waals surface area (Å²) >= 11 is 0. The molecule has 0 amide bonds. The van der Waals surface area contributed by atoms with Crippen LogP contribution in [0.4, 0.5) is 11.4 Å². The molecule has 6 N–H and O–H groups in total. The van der Waals surface area contributed by atoms with E-state index in [1.807, 2.05) is 60.7 Å². The molecule has 0 saturated heterocycles. The van der Waals surface area contributed by atoms with Crippen LogP contribution in [0.5, 0.6) is 0 Å². The van der Waals surface area contributed by atoms with Gasteiger partial charge in [0, 0.05) is 0 Å². The number of benzene rings is 2. The van der Waals surface area contributed by atoms with Gasteiger partial charge in [-0.3, -0.25) is 0 Å². The van der Waals surface area contributed by atoms with Gasteiger partial charge in [-0.15, -0.1) is 5.10 Å². The summed E-state index contributed by atoms with van der Waals surface area (Å²) in [6.45, 7) is 0. The van der Waals surface area contributed by atoms with Gasteiger partial charge < -0.3 is 17.2 Å². The van der Waals surface area contributed by atoms with E-state index in [2.05, 4.69) is 5.10 Å². The maximum Gasteiger partial charge on any atom is 0.173 e. The molecule has 6 nitrogen and oxygen atoms in total. The molecule has 0 fully saturated rings. The van der Waals surface area contributed by atoms with Crippen molar-refractivity contribution in [1.29, 1.82) is 0 Å². The average molecular weight is 280 g/mol. The fourth-order valence-corrected chi connectivity index (χ4v) is 2.10. The quantitative estimate of drug-likeness (QED) is 0.770. The zero-order valence-electron chi connectivity index (χ0n) is 11.3. The van der Waals surface area contributed by atoms with E-state index >= 15 is 0 Å². The molecule has 0 saturated carbocycles. The molecule has 0 spiro atoms. The molecule has 0 bridgehead atoms. The maximum atomic E-state index is 6.15. The second kappa shape index (κ2) is 5.09. The Morgan fingerprint density at radius 2 is 1.24 bits per heavy atom. The van der Waals surface area contributed by atoms with Gasteiger partial charge in [-0.1, -0.05) is 36.4 Å². The molecule has 0 atom stereocenters. The number of nitrogens with zero attached hydrogens (tertiary/aromatic N) is 3. The van der Waals surface area contributed by atoms with Crippen LogP contribution in [0.15, 0.2) is 77.3 Å². The van der Waals surface area contributed by atoms with Crippen molar-refractivity contribution < 1.29 is 0 Å². The van der Waals surface area contributed by atoms with Gasteiger partial charge in [0.25, 0.3) is 0 Å². The minimum Gasteiger partial charge on any atom is -0.393 e. The van der Waals surface area contributed by atoms with Crippen LogP contribution in [0.25, 0.3) is 0 Å². The van der Waals surface area contributed by atoms with E-state index < -0.39 is 0 Å². The second-order valence-corrected chi connectivity index (χ2v) is 4.56. The lowest BCUT2D eigenvalue weighted by Crippen LogP contribution is -2.49. The van der Waals surface area contributed by atoms with Gasteiger partial charge in [-0.05, 0) is 24.3 Å². The average Bonchev–Trinajstić information content (AvgIpc) is 2.54. The summed E-state index contributed by atoms with van der Waals surface area (Å²) in [6.07, 6.45) is 0. The minimum atomic E-state index is 0.198. The molecule has 0 aliphatic carbocycles. The Bertz CT molecular complexity index is 693. The Morgan fingerprint density at radius 3 is 1.81 bits per heavy atom. The number of hydrazine groups is 1. The van der Waals surface area contributed by atoms with Gasteiger partial charge in [-0.2, -0.15) is 5.12 Å². The summed E-state index contributed by atoms with van der Waals surface area (Å²) in [5.41, 5.74) is 19.9.